The predicted octanol–water partition coefficient (Wildman–Crippen LogP) is -4.03. The zero-order valence-electron chi connectivity index (χ0n) is 9.59. The molecule has 0 heterocycles. The molecule has 0 atom stereocenters. The quantitative estimate of drug-likeness (QED) is 0.226. The molecule has 0 aromatic carbocycles. The van der Waals surface area contributed by atoms with Crippen molar-refractivity contribution in [1.29, 1.82) is 0 Å². The van der Waals surface area contributed by atoms with E-state index in [1.54, 1.807) is 0 Å². The third-order valence-corrected chi connectivity index (χ3v) is 0. The van der Waals surface area contributed by atoms with Crippen molar-refractivity contribution in [3.05, 3.63) is 0 Å². The Kier molecular flexibility index (Phi) is 121. The molecule has 0 saturated carbocycles. The van der Waals surface area contributed by atoms with Crippen LogP contribution in [0.5, 0.6) is 0 Å². The minimum absolute atomic E-state index is 0. The summed E-state index contributed by atoms with van der Waals surface area (Å²) in [7, 11) is 0. The summed E-state index contributed by atoms with van der Waals surface area (Å²) in [5.74, 6) is -3.00. The van der Waals surface area contributed by atoms with Gasteiger partial charge in [0.2, 0.25) is 0 Å². The van der Waals surface area contributed by atoms with Crippen molar-refractivity contribution in [2.24, 2.45) is 0 Å². The van der Waals surface area contributed by atoms with Gasteiger partial charge in [-0.1, -0.05) is 0 Å². The van der Waals surface area contributed by atoms with E-state index in [4.69, 9.17) is 40.2 Å². The van der Waals surface area contributed by atoms with Gasteiger partial charge in [-0.15, -0.1) is 0 Å². The average molecular weight is 314 g/mol. The van der Waals surface area contributed by atoms with Crippen LogP contribution in [-0.2, 0) is 33.9 Å². The normalized spacial score (nSPS) is 4.76. The minimum Gasteiger partial charge on any atom is -0.550 e. The maximum absolute atomic E-state index is 9.00. The molecule has 0 unspecified atom stereocenters. The Bertz CT molecular complexity index is 118. The molecule has 0 rings (SSSR count). The van der Waals surface area contributed by atoms with Crippen LogP contribution in [0.25, 0.3) is 0 Å². The molecular formula is C6H16O10Zn. The minimum atomic E-state index is -1.08. The molecule has 7 N–H and O–H groups in total. The second kappa shape index (κ2) is 46.2. The number of hydrogen-bond donors (Lipinski definition) is 3. The van der Waals surface area contributed by atoms with Crippen LogP contribution in [-0.4, -0.2) is 44.5 Å². The molecule has 0 spiro atoms. The summed E-state index contributed by atoms with van der Waals surface area (Å²) in [6.45, 7) is 3.03. The van der Waals surface area contributed by atoms with Crippen LogP contribution in [0.3, 0.4) is 0 Å². The van der Waals surface area contributed by atoms with Crippen LogP contribution in [0.4, 0.5) is 0 Å². The van der Waals surface area contributed by atoms with E-state index in [1.165, 1.54) is 0 Å². The number of carbonyl (C=O) groups excluding carboxylic acids is 2. The molecule has 0 saturated heterocycles. The fourth-order valence-electron chi connectivity index (χ4n) is 0. The molecule has 0 aromatic rings. The van der Waals surface area contributed by atoms with E-state index in [-0.39, 0.29) is 30.4 Å². The third-order valence-electron chi connectivity index (χ3n) is 0. The van der Waals surface area contributed by atoms with Gasteiger partial charge in [0.05, 0.1) is 0 Å². The summed E-state index contributed by atoms with van der Waals surface area (Å²) in [5.41, 5.74) is 0. The van der Waals surface area contributed by atoms with Crippen molar-refractivity contribution in [2.75, 3.05) is 0 Å². The van der Waals surface area contributed by atoms with Crippen LogP contribution in [0.15, 0.2) is 0 Å². The second-order valence-electron chi connectivity index (χ2n) is 1.50. The van der Waals surface area contributed by atoms with Gasteiger partial charge in [0, 0.05) is 18.9 Å². The molecule has 17 heavy (non-hydrogen) atoms. The van der Waals surface area contributed by atoms with Crippen molar-refractivity contribution in [2.45, 2.75) is 20.8 Å². The molecule has 0 aliphatic heterocycles. The number of carbonyl (C=O) groups is 3. The van der Waals surface area contributed by atoms with E-state index < -0.39 is 17.9 Å². The summed E-state index contributed by atoms with van der Waals surface area (Å²) in [6, 6.07) is 0. The summed E-state index contributed by atoms with van der Waals surface area (Å²) >= 11 is 0. The van der Waals surface area contributed by atoms with Gasteiger partial charge in [-0.05, 0) is 13.8 Å². The largest absolute Gasteiger partial charge is 2.00 e. The van der Waals surface area contributed by atoms with Crippen molar-refractivity contribution in [3.63, 3.8) is 0 Å². The fraction of sp³-hybridized carbons (Fsp3) is 0.500. The average Bonchev–Trinajstić information content (AvgIpc) is 1.86. The number of carboxylic acids is 3. The molecule has 10 nitrogen and oxygen atoms in total. The third kappa shape index (κ3) is 1940. The number of aliphatic carboxylic acids is 3. The maximum atomic E-state index is 9.00. The first kappa shape index (κ1) is 44.6. The number of rotatable bonds is 0. The first-order valence-corrected chi connectivity index (χ1v) is 2.94. The van der Waals surface area contributed by atoms with Crippen LogP contribution >= 0.6 is 0 Å². The monoisotopic (exact) mass is 312 g/mol. The molecule has 0 bridgehead atoms. The van der Waals surface area contributed by atoms with Gasteiger partial charge in [-0.25, -0.2) is 0 Å². The molecule has 0 aliphatic carbocycles. The van der Waals surface area contributed by atoms with Gasteiger partial charge < -0.3 is 35.9 Å². The number of carboxylic acid groups (broad SMARTS) is 3. The van der Waals surface area contributed by atoms with Gasteiger partial charge in [0.15, 0.2) is 0 Å². The Morgan fingerprint density at radius 2 is 0.824 bits per heavy atom. The van der Waals surface area contributed by atoms with E-state index in [1.807, 2.05) is 0 Å². The van der Waals surface area contributed by atoms with E-state index in [0.717, 1.165) is 20.8 Å². The van der Waals surface area contributed by atoms with Crippen molar-refractivity contribution < 1.29 is 70.6 Å². The second-order valence-corrected chi connectivity index (χ2v) is 1.50. The van der Waals surface area contributed by atoms with Gasteiger partial charge in [0.1, 0.15) is 0 Å². The van der Waals surface area contributed by atoms with Gasteiger partial charge in [0.25, 0.3) is 5.97 Å². The van der Waals surface area contributed by atoms with Crippen molar-refractivity contribution in [3.8, 4) is 0 Å². The SMILES string of the molecule is CC(=O)O.CC(=O)[O-].CC(=O)[O-].O.O.OO.[Zn+2]. The molecular weight excluding hydrogens is 297 g/mol. The zero-order valence-corrected chi connectivity index (χ0v) is 12.6. The van der Waals surface area contributed by atoms with Crippen molar-refractivity contribution >= 4 is 17.9 Å². The fourth-order valence-corrected chi connectivity index (χ4v) is 0. The first-order valence-electron chi connectivity index (χ1n) is 2.94. The van der Waals surface area contributed by atoms with Crippen LogP contribution in [0, 0.1) is 0 Å². The van der Waals surface area contributed by atoms with Crippen LogP contribution in [0.1, 0.15) is 20.8 Å². The molecule has 0 amide bonds. The van der Waals surface area contributed by atoms with Crippen LogP contribution < -0.4 is 10.2 Å². The van der Waals surface area contributed by atoms with Crippen LogP contribution in [0.2, 0.25) is 0 Å². The molecule has 0 aromatic heterocycles. The summed E-state index contributed by atoms with van der Waals surface area (Å²) in [6.07, 6.45) is 0. The molecule has 11 heteroatoms. The van der Waals surface area contributed by atoms with Gasteiger partial charge in [-0.3, -0.25) is 15.3 Å². The standard InChI is InChI=1S/3C2H4O2.H2O2.2H2O.Zn/c3*1-2(3)4;1-2;;;/h3*1H3,(H,3,4);1-2H;2*1H2;/q;;;;;;+2/p-2. The van der Waals surface area contributed by atoms with Gasteiger partial charge in [-0.2, -0.15) is 0 Å². The summed E-state index contributed by atoms with van der Waals surface area (Å²) in [4.78, 5) is 26.8. The van der Waals surface area contributed by atoms with Crippen molar-refractivity contribution in [1.82, 2.24) is 0 Å². The Labute approximate surface area is 110 Å². The Morgan fingerprint density at radius 3 is 0.824 bits per heavy atom. The van der Waals surface area contributed by atoms with E-state index in [9.17, 15) is 0 Å². The van der Waals surface area contributed by atoms with E-state index in [2.05, 4.69) is 0 Å². The molecule has 102 valence electrons. The molecule has 0 aliphatic rings. The smallest absolute Gasteiger partial charge is 0.550 e. The topological polar surface area (TPSA) is 221 Å². The molecule has 0 radical (unpaired) electrons. The zero-order chi connectivity index (χ0) is 12.7. The van der Waals surface area contributed by atoms with E-state index in [0.29, 0.717) is 0 Å². The Morgan fingerprint density at radius 1 is 0.824 bits per heavy atom. The first-order chi connectivity index (χ1) is 6.20. The van der Waals surface area contributed by atoms with Gasteiger partial charge >= 0.3 is 19.5 Å². The molecule has 0 fully saturated rings. The number of hydrogen-bond acceptors (Lipinski definition) is 7. The predicted molar refractivity (Wildman–Crippen MR) is 47.2 cm³/mol. The summed E-state index contributed by atoms with van der Waals surface area (Å²) in [5, 5.41) is 37.2. The summed E-state index contributed by atoms with van der Waals surface area (Å²) < 4.78 is 0. The van der Waals surface area contributed by atoms with E-state index >= 15 is 0 Å². The Balaban J connectivity index is -0.0000000152. The maximum Gasteiger partial charge on any atom is 2.00 e. The Hall–Kier alpha value is -1.13.